The molecule has 2 aromatic carbocycles. The van der Waals surface area contributed by atoms with Crippen LogP contribution in [-0.4, -0.2) is 37.5 Å². The normalized spacial score (nSPS) is 13.5. The van der Waals surface area contributed by atoms with Gasteiger partial charge in [-0.05, 0) is 35.6 Å². The molecule has 3 rings (SSSR count). The Morgan fingerprint density at radius 3 is 2.54 bits per heavy atom. The van der Waals surface area contributed by atoms with Gasteiger partial charge in [0.25, 0.3) is 0 Å². The van der Waals surface area contributed by atoms with Crippen LogP contribution in [0.4, 0.5) is 5.69 Å². The number of nitrogens with zero attached hydrogens (tertiary/aromatic N) is 2. The number of hydrogen-bond donors (Lipinski definition) is 1. The Balaban J connectivity index is 0.00000243. The molecule has 0 radical (unpaired) electrons. The van der Waals surface area contributed by atoms with Crippen molar-refractivity contribution in [2.24, 2.45) is 5.73 Å². The Morgan fingerprint density at radius 2 is 1.81 bits per heavy atom. The molecule has 0 aromatic heterocycles. The molecule has 140 valence electrons. The first-order chi connectivity index (χ1) is 12.2. The van der Waals surface area contributed by atoms with Crippen LogP contribution in [0.25, 0.3) is 0 Å². The van der Waals surface area contributed by atoms with Gasteiger partial charge in [0.05, 0.1) is 0 Å². The van der Waals surface area contributed by atoms with Crippen LogP contribution in [0.3, 0.4) is 0 Å². The lowest BCUT2D eigenvalue weighted by atomic mass is 9.99. The van der Waals surface area contributed by atoms with E-state index in [4.69, 9.17) is 5.73 Å². The highest BCUT2D eigenvalue weighted by Gasteiger charge is 2.21. The van der Waals surface area contributed by atoms with Crippen LogP contribution >= 0.6 is 12.4 Å². The van der Waals surface area contributed by atoms with Gasteiger partial charge in [0, 0.05) is 45.3 Å². The molecule has 0 saturated carbocycles. The fourth-order valence-electron chi connectivity index (χ4n) is 3.45. The molecule has 1 aliphatic rings. The first-order valence-corrected chi connectivity index (χ1v) is 9.02. The number of carbonyl (C=O) groups is 1. The quantitative estimate of drug-likeness (QED) is 0.811. The van der Waals surface area contributed by atoms with Crippen molar-refractivity contribution >= 4 is 24.0 Å². The third-order valence-electron chi connectivity index (χ3n) is 4.90. The largest absolute Gasteiger partial charge is 0.329 e. The smallest absolute Gasteiger partial charge is 0.227 e. The van der Waals surface area contributed by atoms with Crippen LogP contribution in [0.5, 0.6) is 0 Å². The zero-order chi connectivity index (χ0) is 17.6. The molecule has 0 bridgehead atoms. The summed E-state index contributed by atoms with van der Waals surface area (Å²) in [5.74, 6) is 0.202. The van der Waals surface area contributed by atoms with E-state index in [1.807, 2.05) is 7.05 Å². The van der Waals surface area contributed by atoms with Crippen molar-refractivity contribution in [2.45, 2.75) is 25.8 Å². The SMILES string of the molecule is CN1C(=O)CCc2cc(CN(CCN)CCc3ccccc3)ccc21.Cl. The number of benzene rings is 2. The van der Waals surface area contributed by atoms with Crippen molar-refractivity contribution in [3.8, 4) is 0 Å². The van der Waals surface area contributed by atoms with E-state index in [0.29, 0.717) is 13.0 Å². The predicted molar refractivity (Wildman–Crippen MR) is 110 cm³/mol. The number of aryl methyl sites for hydroxylation is 1. The third-order valence-corrected chi connectivity index (χ3v) is 4.90. The van der Waals surface area contributed by atoms with Gasteiger partial charge in [0.15, 0.2) is 0 Å². The molecule has 0 fully saturated rings. The molecular formula is C21H28ClN3O. The Kier molecular flexibility index (Phi) is 7.64. The van der Waals surface area contributed by atoms with Crippen LogP contribution < -0.4 is 10.6 Å². The lowest BCUT2D eigenvalue weighted by Gasteiger charge is -2.27. The fraction of sp³-hybridized carbons (Fsp3) is 0.381. The van der Waals surface area contributed by atoms with E-state index in [1.165, 1.54) is 16.7 Å². The maximum Gasteiger partial charge on any atom is 0.227 e. The van der Waals surface area contributed by atoms with Gasteiger partial charge in [0.2, 0.25) is 5.91 Å². The molecule has 0 unspecified atom stereocenters. The Labute approximate surface area is 162 Å². The topological polar surface area (TPSA) is 49.6 Å². The summed E-state index contributed by atoms with van der Waals surface area (Å²) >= 11 is 0. The highest BCUT2D eigenvalue weighted by atomic mass is 35.5. The minimum atomic E-state index is 0. The second-order valence-electron chi connectivity index (χ2n) is 6.72. The van der Waals surface area contributed by atoms with Gasteiger partial charge in [-0.25, -0.2) is 0 Å². The van der Waals surface area contributed by atoms with E-state index in [9.17, 15) is 4.79 Å². The number of halogens is 1. The second-order valence-corrected chi connectivity index (χ2v) is 6.72. The van der Waals surface area contributed by atoms with E-state index in [1.54, 1.807) is 4.90 Å². The van der Waals surface area contributed by atoms with E-state index in [-0.39, 0.29) is 18.3 Å². The summed E-state index contributed by atoms with van der Waals surface area (Å²) in [4.78, 5) is 16.0. The number of carbonyl (C=O) groups excluding carboxylic acids is 1. The van der Waals surface area contributed by atoms with Crippen molar-refractivity contribution < 1.29 is 4.79 Å². The average Bonchev–Trinajstić information content (AvgIpc) is 2.64. The van der Waals surface area contributed by atoms with E-state index in [0.717, 1.165) is 38.2 Å². The van der Waals surface area contributed by atoms with Crippen LogP contribution in [0.15, 0.2) is 48.5 Å². The zero-order valence-electron chi connectivity index (χ0n) is 15.4. The number of fused-ring (bicyclic) bond motifs is 1. The minimum Gasteiger partial charge on any atom is -0.329 e. The number of rotatable bonds is 7. The van der Waals surface area contributed by atoms with Crippen molar-refractivity contribution in [3.05, 3.63) is 65.2 Å². The van der Waals surface area contributed by atoms with E-state index >= 15 is 0 Å². The van der Waals surface area contributed by atoms with Crippen LogP contribution in [0, 0.1) is 0 Å². The third kappa shape index (κ3) is 5.07. The molecule has 0 spiro atoms. The summed E-state index contributed by atoms with van der Waals surface area (Å²) in [6.07, 6.45) is 2.48. The summed E-state index contributed by atoms with van der Waals surface area (Å²) in [7, 11) is 1.86. The van der Waals surface area contributed by atoms with Gasteiger partial charge in [-0.1, -0.05) is 42.5 Å². The summed E-state index contributed by atoms with van der Waals surface area (Å²) < 4.78 is 0. The molecule has 2 N–H and O–H groups in total. The Hall–Kier alpha value is -1.88. The molecule has 1 amide bonds. The highest BCUT2D eigenvalue weighted by Crippen LogP contribution is 2.28. The van der Waals surface area contributed by atoms with Crippen molar-refractivity contribution in [1.29, 1.82) is 0 Å². The monoisotopic (exact) mass is 373 g/mol. The average molecular weight is 374 g/mol. The van der Waals surface area contributed by atoms with Crippen LogP contribution in [-0.2, 0) is 24.2 Å². The van der Waals surface area contributed by atoms with Gasteiger partial charge in [-0.3, -0.25) is 9.69 Å². The fourth-order valence-corrected chi connectivity index (χ4v) is 3.45. The van der Waals surface area contributed by atoms with Crippen LogP contribution in [0.1, 0.15) is 23.1 Å². The standard InChI is InChI=1S/C21H27N3O.ClH/c1-23-20-9-7-18(15-19(20)8-10-21(23)25)16-24(14-12-22)13-11-17-5-3-2-4-6-17;/h2-7,9,15H,8,10-14,16,22H2,1H3;1H. The van der Waals surface area contributed by atoms with Crippen molar-refractivity contribution in [3.63, 3.8) is 0 Å². The summed E-state index contributed by atoms with van der Waals surface area (Å²) in [6, 6.07) is 17.0. The van der Waals surface area contributed by atoms with Crippen molar-refractivity contribution in [2.75, 3.05) is 31.6 Å². The number of hydrogen-bond acceptors (Lipinski definition) is 3. The maximum atomic E-state index is 11.8. The lowest BCUT2D eigenvalue weighted by molar-refractivity contribution is -0.118. The van der Waals surface area contributed by atoms with E-state index in [2.05, 4.69) is 53.4 Å². The van der Waals surface area contributed by atoms with Gasteiger partial charge < -0.3 is 10.6 Å². The summed E-state index contributed by atoms with van der Waals surface area (Å²) in [5, 5.41) is 0. The number of nitrogens with two attached hydrogens (primary N) is 1. The first kappa shape index (κ1) is 20.4. The van der Waals surface area contributed by atoms with Crippen LogP contribution in [0.2, 0.25) is 0 Å². The molecule has 2 aromatic rings. The van der Waals surface area contributed by atoms with Gasteiger partial charge in [-0.2, -0.15) is 0 Å². The van der Waals surface area contributed by atoms with Gasteiger partial charge in [0.1, 0.15) is 0 Å². The molecule has 0 atom stereocenters. The highest BCUT2D eigenvalue weighted by molar-refractivity contribution is 5.95. The van der Waals surface area contributed by atoms with Crippen molar-refractivity contribution in [1.82, 2.24) is 4.90 Å². The molecule has 1 aliphatic heterocycles. The molecule has 0 saturated heterocycles. The molecule has 4 nitrogen and oxygen atoms in total. The number of anilines is 1. The molecule has 1 heterocycles. The molecule has 26 heavy (non-hydrogen) atoms. The number of amides is 1. The maximum absolute atomic E-state index is 11.8. The van der Waals surface area contributed by atoms with E-state index < -0.39 is 0 Å². The van der Waals surface area contributed by atoms with Gasteiger partial charge >= 0.3 is 0 Å². The lowest BCUT2D eigenvalue weighted by Crippen LogP contribution is -2.32. The molecule has 0 aliphatic carbocycles. The van der Waals surface area contributed by atoms with Gasteiger partial charge in [-0.15, -0.1) is 12.4 Å². The molecular weight excluding hydrogens is 346 g/mol. The summed E-state index contributed by atoms with van der Waals surface area (Å²) in [6.45, 7) is 3.45. The second kappa shape index (κ2) is 9.72. The Bertz CT molecular complexity index is 720. The first-order valence-electron chi connectivity index (χ1n) is 9.02. The minimum absolute atomic E-state index is 0. The molecule has 5 heteroatoms. The zero-order valence-corrected chi connectivity index (χ0v) is 16.2. The summed E-state index contributed by atoms with van der Waals surface area (Å²) in [5.41, 5.74) is 10.8. The predicted octanol–water partition coefficient (Wildman–Crippen LogP) is 3.02. The Morgan fingerprint density at radius 1 is 1.04 bits per heavy atom.